The van der Waals surface area contributed by atoms with E-state index in [2.05, 4.69) is 32.9 Å². The van der Waals surface area contributed by atoms with Crippen molar-refractivity contribution in [3.63, 3.8) is 0 Å². The molecule has 0 spiro atoms. The zero-order valence-corrected chi connectivity index (χ0v) is 15.7. The van der Waals surface area contributed by atoms with Gasteiger partial charge in [0.15, 0.2) is 0 Å². The van der Waals surface area contributed by atoms with Gasteiger partial charge in [-0.3, -0.25) is 4.79 Å². The van der Waals surface area contributed by atoms with Crippen LogP contribution in [0.5, 0.6) is 0 Å². The predicted octanol–water partition coefficient (Wildman–Crippen LogP) is 4.67. The zero-order chi connectivity index (χ0) is 17.9. The lowest BCUT2D eigenvalue weighted by Crippen LogP contribution is -2.33. The van der Waals surface area contributed by atoms with E-state index in [1.165, 1.54) is 35.1 Å². The Bertz CT molecular complexity index is 482. The van der Waals surface area contributed by atoms with Gasteiger partial charge in [0.05, 0.1) is 0 Å². The number of aliphatic carboxylic acids is 1. The van der Waals surface area contributed by atoms with Crippen LogP contribution in [0.2, 0.25) is 0 Å². The first-order valence-corrected chi connectivity index (χ1v) is 9.65. The van der Waals surface area contributed by atoms with Gasteiger partial charge in [0.2, 0.25) is 0 Å². The number of hydrogen-bond donors (Lipinski definition) is 2. The largest absolute Gasteiger partial charge is 0.480 e. The fourth-order valence-corrected chi connectivity index (χ4v) is 3.14. The van der Waals surface area contributed by atoms with Crippen molar-refractivity contribution in [2.75, 3.05) is 0 Å². The van der Waals surface area contributed by atoms with Crippen molar-refractivity contribution in [1.82, 2.24) is 0 Å². The molecule has 0 fully saturated rings. The molecule has 0 amide bonds. The van der Waals surface area contributed by atoms with Gasteiger partial charge in [-0.25, -0.2) is 0 Å². The number of aryl methyl sites for hydroxylation is 3. The molecule has 0 saturated carbocycles. The van der Waals surface area contributed by atoms with Crippen molar-refractivity contribution in [3.8, 4) is 0 Å². The van der Waals surface area contributed by atoms with Crippen LogP contribution in [0.4, 0.5) is 0 Å². The molecule has 3 heteroatoms. The number of carboxylic acid groups (broad SMARTS) is 1. The lowest BCUT2D eigenvalue weighted by atomic mass is 9.87. The quantitative estimate of drug-likeness (QED) is 0.584. The molecule has 0 saturated heterocycles. The summed E-state index contributed by atoms with van der Waals surface area (Å²) >= 11 is 0. The van der Waals surface area contributed by atoms with Crippen LogP contribution in [0.1, 0.15) is 81.5 Å². The predicted molar refractivity (Wildman–Crippen MR) is 102 cm³/mol. The second-order valence-electron chi connectivity index (χ2n) is 6.85. The highest BCUT2D eigenvalue weighted by Gasteiger charge is 2.18. The Hall–Kier alpha value is -1.35. The van der Waals surface area contributed by atoms with E-state index in [0.29, 0.717) is 6.42 Å². The summed E-state index contributed by atoms with van der Waals surface area (Å²) in [5, 5.41) is 9.22. The van der Waals surface area contributed by atoms with Gasteiger partial charge in [0, 0.05) is 0 Å². The highest BCUT2D eigenvalue weighted by molar-refractivity contribution is 5.73. The van der Waals surface area contributed by atoms with E-state index in [4.69, 9.17) is 5.73 Å². The summed E-state index contributed by atoms with van der Waals surface area (Å²) in [5.74, 6) is -0.909. The summed E-state index contributed by atoms with van der Waals surface area (Å²) in [6, 6.07) is 3.81. The minimum atomic E-state index is -0.909. The summed E-state index contributed by atoms with van der Waals surface area (Å²) < 4.78 is 0. The van der Waals surface area contributed by atoms with E-state index in [0.717, 1.165) is 44.9 Å². The monoisotopic (exact) mass is 333 g/mol. The number of benzene rings is 1. The molecule has 0 aliphatic carbocycles. The smallest absolute Gasteiger partial charge is 0.320 e. The van der Waals surface area contributed by atoms with Crippen LogP contribution in [-0.4, -0.2) is 17.1 Å². The van der Waals surface area contributed by atoms with Crippen molar-refractivity contribution in [2.45, 2.75) is 91.0 Å². The van der Waals surface area contributed by atoms with E-state index in [9.17, 15) is 9.90 Å². The normalized spacial score (nSPS) is 12.3. The summed E-state index contributed by atoms with van der Waals surface area (Å²) in [5.41, 5.74) is 11.1. The Labute approximate surface area is 147 Å². The molecular formula is C21H35NO2. The number of rotatable bonds is 12. The molecule has 0 aliphatic rings. The average Bonchev–Trinajstić information content (AvgIpc) is 2.57. The summed E-state index contributed by atoms with van der Waals surface area (Å²) in [7, 11) is 0. The molecule has 3 N–H and O–H groups in total. The summed E-state index contributed by atoms with van der Waals surface area (Å²) in [6.07, 6.45) is 10.6. The van der Waals surface area contributed by atoms with Gasteiger partial charge in [-0.05, 0) is 67.2 Å². The van der Waals surface area contributed by atoms with Gasteiger partial charge >= 0.3 is 5.97 Å². The zero-order valence-electron chi connectivity index (χ0n) is 15.7. The molecule has 0 bridgehead atoms. The van der Waals surface area contributed by atoms with Crippen LogP contribution in [-0.2, 0) is 30.5 Å². The van der Waals surface area contributed by atoms with Crippen molar-refractivity contribution < 1.29 is 9.90 Å². The SMILES string of the molecule is CCCCc1cc(CCCC)c(CC(N)C(=O)O)c(CCCC)c1. The summed E-state index contributed by atoms with van der Waals surface area (Å²) in [6.45, 7) is 6.61. The van der Waals surface area contributed by atoms with Crippen LogP contribution in [0.25, 0.3) is 0 Å². The molecule has 1 atom stereocenters. The average molecular weight is 334 g/mol. The highest BCUT2D eigenvalue weighted by atomic mass is 16.4. The summed E-state index contributed by atoms with van der Waals surface area (Å²) in [4.78, 5) is 11.2. The third-order valence-corrected chi connectivity index (χ3v) is 4.65. The molecular weight excluding hydrogens is 298 g/mol. The third kappa shape index (κ3) is 6.64. The van der Waals surface area contributed by atoms with Crippen molar-refractivity contribution in [2.24, 2.45) is 5.73 Å². The number of carboxylic acids is 1. The Morgan fingerprint density at radius 3 is 1.83 bits per heavy atom. The van der Waals surface area contributed by atoms with Crippen molar-refractivity contribution >= 4 is 5.97 Å². The van der Waals surface area contributed by atoms with E-state index in [1.807, 2.05) is 0 Å². The topological polar surface area (TPSA) is 63.3 Å². The van der Waals surface area contributed by atoms with Gasteiger partial charge in [-0.1, -0.05) is 52.2 Å². The third-order valence-electron chi connectivity index (χ3n) is 4.65. The van der Waals surface area contributed by atoms with E-state index < -0.39 is 12.0 Å². The van der Waals surface area contributed by atoms with Crippen LogP contribution in [0.15, 0.2) is 12.1 Å². The molecule has 1 rings (SSSR count). The molecule has 1 aromatic rings. The van der Waals surface area contributed by atoms with Gasteiger partial charge in [-0.2, -0.15) is 0 Å². The lowest BCUT2D eigenvalue weighted by molar-refractivity contribution is -0.138. The second-order valence-corrected chi connectivity index (χ2v) is 6.85. The van der Waals surface area contributed by atoms with Crippen LogP contribution >= 0.6 is 0 Å². The minimum absolute atomic E-state index is 0.446. The molecule has 24 heavy (non-hydrogen) atoms. The Balaban J connectivity index is 3.21. The van der Waals surface area contributed by atoms with Crippen LogP contribution < -0.4 is 5.73 Å². The Kier molecular flexibility index (Phi) is 9.70. The number of unbranched alkanes of at least 4 members (excludes halogenated alkanes) is 3. The maximum absolute atomic E-state index is 11.2. The second kappa shape index (κ2) is 11.2. The van der Waals surface area contributed by atoms with E-state index in [-0.39, 0.29) is 0 Å². The maximum atomic E-state index is 11.2. The minimum Gasteiger partial charge on any atom is -0.480 e. The Morgan fingerprint density at radius 1 is 0.958 bits per heavy atom. The van der Waals surface area contributed by atoms with Crippen molar-refractivity contribution in [3.05, 3.63) is 34.4 Å². The van der Waals surface area contributed by atoms with Gasteiger partial charge in [-0.15, -0.1) is 0 Å². The number of hydrogen-bond acceptors (Lipinski definition) is 2. The molecule has 0 radical (unpaired) electrons. The van der Waals surface area contributed by atoms with E-state index >= 15 is 0 Å². The number of carbonyl (C=O) groups is 1. The van der Waals surface area contributed by atoms with Crippen LogP contribution in [0, 0.1) is 0 Å². The van der Waals surface area contributed by atoms with E-state index in [1.54, 1.807) is 0 Å². The molecule has 1 unspecified atom stereocenters. The lowest BCUT2D eigenvalue weighted by Gasteiger charge is -2.19. The molecule has 0 heterocycles. The van der Waals surface area contributed by atoms with Crippen molar-refractivity contribution in [1.29, 1.82) is 0 Å². The fraction of sp³-hybridized carbons (Fsp3) is 0.667. The molecule has 1 aromatic carbocycles. The van der Waals surface area contributed by atoms with Gasteiger partial charge in [0.1, 0.15) is 6.04 Å². The highest BCUT2D eigenvalue weighted by Crippen LogP contribution is 2.24. The molecule has 0 aromatic heterocycles. The first-order chi connectivity index (χ1) is 11.5. The molecule has 0 aliphatic heterocycles. The first kappa shape index (κ1) is 20.7. The fourth-order valence-electron chi connectivity index (χ4n) is 3.14. The van der Waals surface area contributed by atoms with Gasteiger partial charge in [0.25, 0.3) is 0 Å². The Morgan fingerprint density at radius 2 is 1.42 bits per heavy atom. The maximum Gasteiger partial charge on any atom is 0.320 e. The molecule has 3 nitrogen and oxygen atoms in total. The number of nitrogens with two attached hydrogens (primary N) is 1. The molecule has 136 valence electrons. The van der Waals surface area contributed by atoms with Gasteiger partial charge < -0.3 is 10.8 Å². The standard InChI is InChI=1S/C21H35NO2/c1-4-7-10-16-13-17(11-8-5-2)19(15-20(22)21(23)24)18(14-16)12-9-6-3/h13-14,20H,4-12,15,22H2,1-3H3,(H,23,24). The van der Waals surface area contributed by atoms with Crippen LogP contribution in [0.3, 0.4) is 0 Å². The first-order valence-electron chi connectivity index (χ1n) is 9.65.